The Morgan fingerprint density at radius 3 is 2.77 bits per heavy atom. The lowest BCUT2D eigenvalue weighted by Crippen LogP contribution is -2.62. The normalized spacial score (nSPS) is 24.6. The van der Waals surface area contributed by atoms with Crippen LogP contribution in [0.2, 0.25) is 5.02 Å². The van der Waals surface area contributed by atoms with E-state index >= 15 is 0 Å². The molecule has 4 rings (SSSR count). The third-order valence-electron chi connectivity index (χ3n) is 6.05. The van der Waals surface area contributed by atoms with Crippen LogP contribution in [0.15, 0.2) is 18.2 Å². The van der Waals surface area contributed by atoms with Crippen LogP contribution in [-0.4, -0.2) is 73.3 Å². The van der Waals surface area contributed by atoms with E-state index in [1.807, 2.05) is 15.9 Å². The molecule has 0 unspecified atom stereocenters. The van der Waals surface area contributed by atoms with Crippen molar-refractivity contribution in [2.75, 3.05) is 39.4 Å². The summed E-state index contributed by atoms with van der Waals surface area (Å²) >= 11 is 6.22. The van der Waals surface area contributed by atoms with Gasteiger partial charge in [-0.15, -0.1) is 6.42 Å². The Labute approximate surface area is 181 Å². The van der Waals surface area contributed by atoms with Crippen LogP contribution < -0.4 is 10.1 Å². The van der Waals surface area contributed by atoms with Gasteiger partial charge in [0.2, 0.25) is 5.91 Å². The summed E-state index contributed by atoms with van der Waals surface area (Å²) in [5, 5.41) is 3.46. The molecule has 3 heterocycles. The van der Waals surface area contributed by atoms with Gasteiger partial charge in [0.1, 0.15) is 12.4 Å². The third kappa shape index (κ3) is 4.66. The predicted octanol–water partition coefficient (Wildman–Crippen LogP) is 2.12. The maximum Gasteiger partial charge on any atom is 0.320 e. The lowest BCUT2D eigenvalue weighted by atomic mass is 9.97. The van der Waals surface area contributed by atoms with Gasteiger partial charge in [-0.3, -0.25) is 4.79 Å². The number of morpholine rings is 1. The fourth-order valence-electron chi connectivity index (χ4n) is 4.28. The Hall–Kier alpha value is -2.43. The highest BCUT2D eigenvalue weighted by atomic mass is 35.5. The van der Waals surface area contributed by atoms with E-state index in [-0.39, 0.29) is 30.7 Å². The van der Waals surface area contributed by atoms with E-state index in [1.165, 1.54) is 0 Å². The van der Waals surface area contributed by atoms with Crippen molar-refractivity contribution in [1.29, 1.82) is 0 Å². The quantitative estimate of drug-likeness (QED) is 0.744. The van der Waals surface area contributed by atoms with Gasteiger partial charge in [0.25, 0.3) is 0 Å². The van der Waals surface area contributed by atoms with Crippen LogP contribution in [0.4, 0.5) is 4.79 Å². The maximum atomic E-state index is 12.9. The first-order chi connectivity index (χ1) is 14.5. The van der Waals surface area contributed by atoms with E-state index in [4.69, 9.17) is 27.5 Å². The van der Waals surface area contributed by atoms with E-state index < -0.39 is 0 Å². The number of fused-ring (bicyclic) bond motifs is 1. The number of amides is 3. The van der Waals surface area contributed by atoms with Crippen molar-refractivity contribution in [1.82, 2.24) is 15.1 Å². The molecule has 3 amide bonds. The van der Waals surface area contributed by atoms with Gasteiger partial charge in [-0.25, -0.2) is 4.79 Å². The minimum absolute atomic E-state index is 0.0103. The second-order valence-electron chi connectivity index (χ2n) is 8.07. The molecule has 1 aromatic rings. The number of benzene rings is 1. The van der Waals surface area contributed by atoms with Crippen LogP contribution >= 0.6 is 11.6 Å². The number of urea groups is 1. The molecular formula is C22H26ClN3O4. The Balaban J connectivity index is 1.24. The van der Waals surface area contributed by atoms with Crippen LogP contribution in [0, 0.1) is 18.3 Å². The second kappa shape index (κ2) is 9.15. The number of nitrogens with zero attached hydrogens (tertiary/aromatic N) is 2. The Morgan fingerprint density at radius 2 is 2.03 bits per heavy atom. The maximum absolute atomic E-state index is 12.9. The number of halogens is 1. The summed E-state index contributed by atoms with van der Waals surface area (Å²) in [6.07, 6.45) is 7.90. The van der Waals surface area contributed by atoms with Crippen molar-refractivity contribution in [2.24, 2.45) is 5.92 Å². The number of terminal acetylenes is 1. The smallest absolute Gasteiger partial charge is 0.320 e. The molecule has 0 bridgehead atoms. The van der Waals surface area contributed by atoms with Crippen LogP contribution in [0.25, 0.3) is 0 Å². The largest absolute Gasteiger partial charge is 0.492 e. The molecule has 8 heteroatoms. The summed E-state index contributed by atoms with van der Waals surface area (Å²) in [4.78, 5) is 28.2. The highest BCUT2D eigenvalue weighted by Crippen LogP contribution is 2.27. The van der Waals surface area contributed by atoms with Gasteiger partial charge in [-0.05, 0) is 43.4 Å². The summed E-state index contributed by atoms with van der Waals surface area (Å²) in [5.41, 5.74) is 0.725. The fraction of sp³-hybridized carbons (Fsp3) is 0.545. The molecule has 2 atom stereocenters. The number of piperidine rings is 2. The van der Waals surface area contributed by atoms with E-state index in [9.17, 15) is 9.59 Å². The first-order valence-corrected chi connectivity index (χ1v) is 10.7. The fourth-order valence-corrected chi connectivity index (χ4v) is 4.51. The zero-order valence-corrected chi connectivity index (χ0v) is 17.6. The molecule has 1 aromatic carbocycles. The first kappa shape index (κ1) is 20.8. The average Bonchev–Trinajstić information content (AvgIpc) is 2.77. The van der Waals surface area contributed by atoms with Gasteiger partial charge in [0.05, 0.1) is 23.8 Å². The molecule has 1 N–H and O–H groups in total. The van der Waals surface area contributed by atoms with Gasteiger partial charge in [-0.1, -0.05) is 17.5 Å². The number of hydrogen-bond acceptors (Lipinski definition) is 4. The van der Waals surface area contributed by atoms with Gasteiger partial charge in [-0.2, -0.15) is 0 Å². The molecule has 0 aromatic heterocycles. The summed E-state index contributed by atoms with van der Waals surface area (Å²) < 4.78 is 11.5. The molecule has 160 valence electrons. The number of nitrogens with one attached hydrogen (secondary N) is 1. The van der Waals surface area contributed by atoms with Crippen LogP contribution in [0.5, 0.6) is 5.75 Å². The third-order valence-corrected chi connectivity index (χ3v) is 6.35. The predicted molar refractivity (Wildman–Crippen MR) is 112 cm³/mol. The van der Waals surface area contributed by atoms with Gasteiger partial charge < -0.3 is 24.6 Å². The summed E-state index contributed by atoms with van der Waals surface area (Å²) in [6, 6.07) is 5.26. The zero-order valence-electron chi connectivity index (χ0n) is 16.8. The van der Waals surface area contributed by atoms with Crippen molar-refractivity contribution in [3.05, 3.63) is 28.8 Å². The monoisotopic (exact) mass is 431 g/mol. The SMILES string of the molecule is C#Cc1ccc(OCC2CCN(C(=O)N3CC[C@@H]4OCC(=O)N[C@@H]4C3)CC2)c(Cl)c1. The van der Waals surface area contributed by atoms with E-state index in [2.05, 4.69) is 11.2 Å². The van der Waals surface area contributed by atoms with Crippen molar-refractivity contribution < 1.29 is 19.1 Å². The van der Waals surface area contributed by atoms with Gasteiger partial charge in [0, 0.05) is 31.7 Å². The van der Waals surface area contributed by atoms with Crippen LogP contribution in [0.1, 0.15) is 24.8 Å². The van der Waals surface area contributed by atoms with Crippen molar-refractivity contribution in [3.8, 4) is 18.1 Å². The molecule has 7 nitrogen and oxygen atoms in total. The van der Waals surface area contributed by atoms with E-state index in [0.29, 0.717) is 49.5 Å². The van der Waals surface area contributed by atoms with Gasteiger partial charge >= 0.3 is 6.03 Å². The number of likely N-dealkylation sites (tertiary alicyclic amines) is 2. The number of carbonyl (C=O) groups is 2. The molecule has 0 aliphatic carbocycles. The molecule has 3 aliphatic heterocycles. The van der Waals surface area contributed by atoms with E-state index in [1.54, 1.807) is 12.1 Å². The number of ether oxygens (including phenoxy) is 2. The lowest BCUT2D eigenvalue weighted by Gasteiger charge is -2.43. The average molecular weight is 432 g/mol. The first-order valence-electron chi connectivity index (χ1n) is 10.4. The standard InChI is InChI=1S/C22H26ClN3O4/c1-2-15-3-4-19(17(23)11-15)29-13-16-5-8-25(9-6-16)22(28)26-10-7-20-18(12-26)24-21(27)14-30-20/h1,3-4,11,16,18,20H,5-10,12-14H2,(H,24,27)/t18-,20+/m1/s1. The highest BCUT2D eigenvalue weighted by molar-refractivity contribution is 6.32. The number of carbonyl (C=O) groups excluding carboxylic acids is 2. The molecule has 0 spiro atoms. The van der Waals surface area contributed by atoms with Gasteiger partial charge in [0.15, 0.2) is 0 Å². The van der Waals surface area contributed by atoms with Crippen LogP contribution in [0.3, 0.4) is 0 Å². The lowest BCUT2D eigenvalue weighted by molar-refractivity contribution is -0.139. The summed E-state index contributed by atoms with van der Waals surface area (Å²) in [6.45, 7) is 3.24. The van der Waals surface area contributed by atoms with Crippen molar-refractivity contribution in [2.45, 2.75) is 31.4 Å². The van der Waals surface area contributed by atoms with E-state index in [0.717, 1.165) is 24.8 Å². The Kier molecular flexibility index (Phi) is 6.35. The minimum atomic E-state index is -0.111. The molecular weight excluding hydrogens is 406 g/mol. The Morgan fingerprint density at radius 1 is 1.27 bits per heavy atom. The Bertz CT molecular complexity index is 847. The number of rotatable bonds is 3. The zero-order chi connectivity index (χ0) is 21.1. The van der Waals surface area contributed by atoms with Crippen LogP contribution in [-0.2, 0) is 9.53 Å². The van der Waals surface area contributed by atoms with Crippen molar-refractivity contribution >= 4 is 23.5 Å². The molecule has 3 saturated heterocycles. The molecule has 30 heavy (non-hydrogen) atoms. The summed E-state index contributed by atoms with van der Waals surface area (Å²) in [5.74, 6) is 3.44. The molecule has 0 radical (unpaired) electrons. The topological polar surface area (TPSA) is 71.1 Å². The number of hydrogen-bond donors (Lipinski definition) is 1. The summed E-state index contributed by atoms with van der Waals surface area (Å²) in [7, 11) is 0. The molecule has 3 fully saturated rings. The highest BCUT2D eigenvalue weighted by Gasteiger charge is 2.38. The van der Waals surface area contributed by atoms with Crippen molar-refractivity contribution in [3.63, 3.8) is 0 Å². The molecule has 0 saturated carbocycles. The second-order valence-corrected chi connectivity index (χ2v) is 8.48. The minimum Gasteiger partial charge on any atom is -0.492 e. The molecule has 3 aliphatic rings.